The third-order valence-corrected chi connectivity index (χ3v) is 5.60. The molecule has 1 heterocycles. The molecule has 1 aliphatic carbocycles. The predicted octanol–water partition coefficient (Wildman–Crippen LogP) is 3.56. The molecule has 1 aliphatic rings. The number of carbonyl (C=O) groups is 2. The molecule has 1 fully saturated rings. The van der Waals surface area contributed by atoms with Crippen LogP contribution in [-0.4, -0.2) is 40.4 Å². The Hall–Kier alpha value is -3.20. The lowest BCUT2D eigenvalue weighted by molar-refractivity contribution is -0.114. The minimum atomic E-state index is -0.314. The number of anilines is 2. The van der Waals surface area contributed by atoms with Crippen molar-refractivity contribution in [2.24, 2.45) is 11.8 Å². The minimum Gasteiger partial charge on any atom is -0.493 e. The van der Waals surface area contributed by atoms with Gasteiger partial charge in [-0.3, -0.25) is 15.4 Å². The summed E-state index contributed by atoms with van der Waals surface area (Å²) in [6.07, 6.45) is 2.74. The molecule has 3 rings (SSSR count). The molecule has 0 saturated heterocycles. The van der Waals surface area contributed by atoms with E-state index in [1.807, 2.05) is 18.7 Å². The molecule has 1 aromatic heterocycles. The number of nitrogens with zero attached hydrogens (tertiary/aromatic N) is 2. The molecule has 2 atom stereocenters. The molecule has 2 amide bonds. The number of nitrogens with one attached hydrogen (secondary N) is 2. The monoisotopic (exact) mass is 443 g/mol. The highest BCUT2D eigenvalue weighted by molar-refractivity contribution is 5.99. The number of benzene rings is 1. The average molecular weight is 444 g/mol. The van der Waals surface area contributed by atoms with Crippen LogP contribution in [0.5, 0.6) is 5.75 Å². The Balaban J connectivity index is 1.82. The zero-order valence-corrected chi connectivity index (χ0v) is 18.6. The number of nitrogen functional groups attached to an aromatic ring is 1. The number of hydrazine groups is 1. The van der Waals surface area contributed by atoms with Crippen molar-refractivity contribution < 1.29 is 18.7 Å². The van der Waals surface area contributed by atoms with Crippen LogP contribution in [0.2, 0.25) is 0 Å². The van der Waals surface area contributed by atoms with Gasteiger partial charge in [-0.05, 0) is 63.1 Å². The molecular weight excluding hydrogens is 413 g/mol. The summed E-state index contributed by atoms with van der Waals surface area (Å²) in [7, 11) is 0. The third-order valence-electron chi connectivity index (χ3n) is 5.60. The number of amides is 2. The largest absolute Gasteiger partial charge is 0.493 e. The van der Waals surface area contributed by atoms with Gasteiger partial charge in [0.25, 0.3) is 5.91 Å². The number of rotatable bonds is 8. The lowest BCUT2D eigenvalue weighted by Gasteiger charge is -2.36. The van der Waals surface area contributed by atoms with E-state index >= 15 is 0 Å². The summed E-state index contributed by atoms with van der Waals surface area (Å²) in [6, 6.07) is 9.00. The first-order valence-corrected chi connectivity index (χ1v) is 10.8. The van der Waals surface area contributed by atoms with E-state index in [1.165, 1.54) is 19.1 Å². The van der Waals surface area contributed by atoms with Crippen LogP contribution in [0.1, 0.15) is 50.5 Å². The highest BCUT2D eigenvalue weighted by atomic mass is 19.1. The van der Waals surface area contributed by atoms with Crippen molar-refractivity contribution in [2.45, 2.75) is 52.1 Å². The van der Waals surface area contributed by atoms with Crippen molar-refractivity contribution in [1.29, 1.82) is 0 Å². The SMILES string of the molecule is CC(=O)Nc1ccc(NN)c(C(=O)N(C(C)C)[C@H]2CCC[C@@H]2COc2ccc(F)cc2)n1. The topological polar surface area (TPSA) is 110 Å². The van der Waals surface area contributed by atoms with Gasteiger partial charge in [0.05, 0.1) is 12.3 Å². The smallest absolute Gasteiger partial charge is 0.275 e. The Morgan fingerprint density at radius 3 is 2.56 bits per heavy atom. The fourth-order valence-electron chi connectivity index (χ4n) is 4.19. The third kappa shape index (κ3) is 5.53. The van der Waals surface area contributed by atoms with E-state index < -0.39 is 0 Å². The van der Waals surface area contributed by atoms with E-state index in [9.17, 15) is 14.0 Å². The first-order valence-electron chi connectivity index (χ1n) is 10.8. The minimum absolute atomic E-state index is 0.0419. The number of hydrogen-bond acceptors (Lipinski definition) is 6. The Morgan fingerprint density at radius 1 is 1.22 bits per heavy atom. The van der Waals surface area contributed by atoms with Crippen LogP contribution in [0, 0.1) is 11.7 Å². The Kier molecular flexibility index (Phi) is 7.63. The van der Waals surface area contributed by atoms with E-state index in [0.29, 0.717) is 18.0 Å². The number of nitrogens with two attached hydrogens (primary N) is 1. The quantitative estimate of drug-likeness (QED) is 0.425. The first kappa shape index (κ1) is 23.5. The van der Waals surface area contributed by atoms with E-state index in [4.69, 9.17) is 10.6 Å². The molecule has 0 aliphatic heterocycles. The number of aromatic nitrogens is 1. The van der Waals surface area contributed by atoms with Gasteiger partial charge in [0.15, 0.2) is 5.69 Å². The van der Waals surface area contributed by atoms with Crippen LogP contribution >= 0.6 is 0 Å². The predicted molar refractivity (Wildman–Crippen MR) is 121 cm³/mol. The number of pyridine rings is 1. The molecule has 0 bridgehead atoms. The molecule has 1 saturated carbocycles. The summed E-state index contributed by atoms with van der Waals surface area (Å²) in [6.45, 7) is 5.72. The summed E-state index contributed by atoms with van der Waals surface area (Å²) in [4.78, 5) is 31.2. The van der Waals surface area contributed by atoms with Crippen molar-refractivity contribution in [2.75, 3.05) is 17.3 Å². The highest BCUT2D eigenvalue weighted by Crippen LogP contribution is 2.33. The number of carbonyl (C=O) groups excluding carboxylic acids is 2. The van der Waals surface area contributed by atoms with E-state index in [1.54, 1.807) is 24.3 Å². The van der Waals surface area contributed by atoms with Gasteiger partial charge in [-0.15, -0.1) is 0 Å². The van der Waals surface area contributed by atoms with Crippen LogP contribution in [0.25, 0.3) is 0 Å². The average Bonchev–Trinajstić information content (AvgIpc) is 3.20. The zero-order valence-electron chi connectivity index (χ0n) is 18.6. The van der Waals surface area contributed by atoms with Crippen molar-refractivity contribution in [3.63, 3.8) is 0 Å². The number of ether oxygens (including phenoxy) is 1. The second-order valence-corrected chi connectivity index (χ2v) is 8.25. The van der Waals surface area contributed by atoms with Crippen LogP contribution in [0.4, 0.5) is 15.9 Å². The Morgan fingerprint density at radius 2 is 1.94 bits per heavy atom. The molecule has 0 spiro atoms. The summed E-state index contributed by atoms with van der Waals surface area (Å²) < 4.78 is 19.1. The van der Waals surface area contributed by atoms with Gasteiger partial charge >= 0.3 is 0 Å². The number of hydrogen-bond donors (Lipinski definition) is 3. The molecule has 9 heteroatoms. The number of halogens is 1. The van der Waals surface area contributed by atoms with Gasteiger partial charge in [-0.2, -0.15) is 0 Å². The second-order valence-electron chi connectivity index (χ2n) is 8.25. The molecule has 172 valence electrons. The molecule has 0 unspecified atom stereocenters. The second kappa shape index (κ2) is 10.4. The zero-order chi connectivity index (χ0) is 23.3. The van der Waals surface area contributed by atoms with Crippen molar-refractivity contribution in [1.82, 2.24) is 9.88 Å². The van der Waals surface area contributed by atoms with E-state index in [0.717, 1.165) is 19.3 Å². The lowest BCUT2D eigenvalue weighted by atomic mass is 10.0. The van der Waals surface area contributed by atoms with Gasteiger partial charge in [-0.25, -0.2) is 9.37 Å². The molecule has 8 nitrogen and oxygen atoms in total. The van der Waals surface area contributed by atoms with Crippen molar-refractivity contribution in [3.8, 4) is 5.75 Å². The standard InChI is InChI=1S/C23H30FN5O3/c1-14(2)29(23(31)22-19(28-25)11-12-21(27-22)26-15(3)30)20-6-4-5-16(20)13-32-18-9-7-17(24)8-10-18/h7-12,14,16,20,28H,4-6,13,25H2,1-3H3,(H,26,27,30)/t16-,20+/m1/s1. The molecule has 0 radical (unpaired) electrons. The van der Waals surface area contributed by atoms with Gasteiger partial charge in [-0.1, -0.05) is 6.42 Å². The summed E-state index contributed by atoms with van der Waals surface area (Å²) in [5, 5.41) is 2.60. The van der Waals surface area contributed by atoms with E-state index in [2.05, 4.69) is 15.7 Å². The maximum atomic E-state index is 13.6. The summed E-state index contributed by atoms with van der Waals surface area (Å²) >= 11 is 0. The van der Waals surface area contributed by atoms with Crippen LogP contribution < -0.4 is 21.3 Å². The van der Waals surface area contributed by atoms with Crippen LogP contribution in [0.15, 0.2) is 36.4 Å². The molecule has 1 aromatic carbocycles. The Labute approximate surface area is 187 Å². The molecule has 2 aromatic rings. The van der Waals surface area contributed by atoms with Crippen LogP contribution in [-0.2, 0) is 4.79 Å². The molecule has 32 heavy (non-hydrogen) atoms. The maximum absolute atomic E-state index is 13.6. The summed E-state index contributed by atoms with van der Waals surface area (Å²) in [5.41, 5.74) is 3.06. The maximum Gasteiger partial charge on any atom is 0.275 e. The van der Waals surface area contributed by atoms with E-state index in [-0.39, 0.29) is 47.1 Å². The fraction of sp³-hybridized carbons (Fsp3) is 0.435. The first-order chi connectivity index (χ1) is 15.3. The van der Waals surface area contributed by atoms with Crippen LogP contribution in [0.3, 0.4) is 0 Å². The van der Waals surface area contributed by atoms with Gasteiger partial charge in [0.1, 0.15) is 17.4 Å². The van der Waals surface area contributed by atoms with Crippen molar-refractivity contribution >= 4 is 23.3 Å². The molecular formula is C23H30FN5O3. The molecule has 4 N–H and O–H groups in total. The fourth-order valence-corrected chi connectivity index (χ4v) is 4.19. The highest BCUT2D eigenvalue weighted by Gasteiger charge is 2.38. The van der Waals surface area contributed by atoms with Gasteiger partial charge in [0.2, 0.25) is 5.91 Å². The lowest BCUT2D eigenvalue weighted by Crippen LogP contribution is -2.48. The summed E-state index contributed by atoms with van der Waals surface area (Å²) in [5.74, 6) is 5.77. The normalized spacial score (nSPS) is 17.8. The van der Waals surface area contributed by atoms with Gasteiger partial charge in [0, 0.05) is 24.9 Å². The van der Waals surface area contributed by atoms with Crippen molar-refractivity contribution in [3.05, 3.63) is 47.9 Å². The Bertz CT molecular complexity index is 951. The van der Waals surface area contributed by atoms with Gasteiger partial charge < -0.3 is 20.4 Å².